The van der Waals surface area contributed by atoms with Crippen LogP contribution in [0.15, 0.2) is 35.9 Å². The Balaban J connectivity index is 1.63. The van der Waals surface area contributed by atoms with Crippen molar-refractivity contribution in [1.29, 1.82) is 0 Å². The Morgan fingerprint density at radius 2 is 2.26 bits per heavy atom. The molecule has 6 saturated heterocycles. The number of hydrogen-bond donors (Lipinski definition) is 1. The van der Waals surface area contributed by atoms with E-state index in [-0.39, 0.29) is 30.4 Å². The fraction of sp³-hybridized carbons (Fsp3) is 0.571. The van der Waals surface area contributed by atoms with E-state index in [1.54, 1.807) is 0 Å². The first-order valence-corrected chi connectivity index (χ1v) is 9.84. The van der Waals surface area contributed by atoms with Gasteiger partial charge in [-0.2, -0.15) is 0 Å². The van der Waals surface area contributed by atoms with Crippen LogP contribution in [0.2, 0.25) is 0 Å². The molecule has 1 aromatic carbocycles. The van der Waals surface area contributed by atoms with Crippen molar-refractivity contribution in [3.8, 4) is 0 Å². The first kappa shape index (κ1) is 15.1. The summed E-state index contributed by atoms with van der Waals surface area (Å²) in [7, 11) is 1.51. The molecule has 1 aromatic rings. The summed E-state index contributed by atoms with van der Waals surface area (Å²) in [6.45, 7) is 2.92. The third-order valence-electron chi connectivity index (χ3n) is 8.39. The van der Waals surface area contributed by atoms with E-state index in [4.69, 9.17) is 14.2 Å². The molecule has 1 N–H and O–H groups in total. The van der Waals surface area contributed by atoms with E-state index in [0.29, 0.717) is 6.42 Å². The Hall–Kier alpha value is -1.89. The fourth-order valence-electron chi connectivity index (χ4n) is 7.80. The molecule has 6 heteroatoms. The molecule has 8 atom stereocenters. The molecule has 27 heavy (non-hydrogen) atoms. The molecule has 7 heterocycles. The second-order valence-electron chi connectivity index (χ2n) is 8.75. The average molecular weight is 366 g/mol. The molecule has 7 aliphatic heterocycles. The fourth-order valence-corrected chi connectivity index (χ4v) is 7.80. The molecule has 9 rings (SSSR count). The number of benzene rings is 1. The third kappa shape index (κ3) is 1.18. The van der Waals surface area contributed by atoms with Crippen molar-refractivity contribution in [2.75, 3.05) is 19.0 Å². The Bertz CT molecular complexity index is 946. The zero-order valence-corrected chi connectivity index (χ0v) is 15.4. The van der Waals surface area contributed by atoms with Gasteiger partial charge in [-0.1, -0.05) is 29.8 Å². The summed E-state index contributed by atoms with van der Waals surface area (Å²) in [4.78, 5) is 16.0. The number of nitrogens with one attached hydrogen (secondary N) is 1. The summed E-state index contributed by atoms with van der Waals surface area (Å²) < 4.78 is 18.6. The first-order chi connectivity index (χ1) is 13.1. The summed E-state index contributed by atoms with van der Waals surface area (Å²) in [5.41, 5.74) is 1.73. The van der Waals surface area contributed by atoms with Gasteiger partial charge in [0.1, 0.15) is 11.6 Å². The van der Waals surface area contributed by atoms with Crippen LogP contribution in [0, 0.1) is 11.3 Å². The maximum Gasteiger partial charge on any atom is 0.317 e. The Morgan fingerprint density at radius 3 is 3.07 bits per heavy atom. The Morgan fingerprint density at radius 1 is 1.41 bits per heavy atom. The summed E-state index contributed by atoms with van der Waals surface area (Å²) >= 11 is 0. The van der Waals surface area contributed by atoms with Gasteiger partial charge in [-0.05, 0) is 25.0 Å². The number of piperidine rings is 4. The van der Waals surface area contributed by atoms with E-state index in [0.717, 1.165) is 18.7 Å². The van der Waals surface area contributed by atoms with Crippen molar-refractivity contribution in [2.24, 2.45) is 11.3 Å². The number of ether oxygens (including phenoxy) is 3. The summed E-state index contributed by atoms with van der Waals surface area (Å²) in [6, 6.07) is 8.57. The van der Waals surface area contributed by atoms with E-state index in [1.165, 1.54) is 18.2 Å². The number of carbonyl (C=O) groups is 1. The standard InChI is InChI=1S/C21H22N2O4/c1-3-11-10-23-15-8-13(11)20(18(24)25-2)17(23)26-16-9-19(20)12-6-4-5-7-14(12)22-21(15,19)27-16/h3-7,13,15-17,22H,8-10H2,1-2H3/b11-3-/t13-,15-,16?,17+,19-,20-,21-/m0/s1. The van der Waals surface area contributed by atoms with Crippen LogP contribution in [0.1, 0.15) is 25.3 Å². The highest BCUT2D eigenvalue weighted by Gasteiger charge is 2.92. The van der Waals surface area contributed by atoms with Gasteiger partial charge in [0.15, 0.2) is 12.0 Å². The minimum Gasteiger partial charge on any atom is -0.468 e. The smallest absolute Gasteiger partial charge is 0.317 e. The van der Waals surface area contributed by atoms with Crippen LogP contribution >= 0.6 is 0 Å². The van der Waals surface area contributed by atoms with Crippen molar-refractivity contribution in [3.63, 3.8) is 0 Å². The van der Waals surface area contributed by atoms with Crippen LogP contribution in [0.25, 0.3) is 0 Å². The molecule has 1 aliphatic carbocycles. The van der Waals surface area contributed by atoms with Crippen LogP contribution in [-0.2, 0) is 24.4 Å². The van der Waals surface area contributed by atoms with E-state index < -0.39 is 16.6 Å². The molecule has 1 spiro atoms. The molecule has 7 fully saturated rings. The summed E-state index contributed by atoms with van der Waals surface area (Å²) in [6.07, 6.45) is 3.20. The highest BCUT2D eigenvalue weighted by atomic mass is 16.7. The van der Waals surface area contributed by atoms with Gasteiger partial charge in [0, 0.05) is 24.6 Å². The van der Waals surface area contributed by atoms with Gasteiger partial charge >= 0.3 is 5.97 Å². The van der Waals surface area contributed by atoms with Gasteiger partial charge in [-0.15, -0.1) is 0 Å². The zero-order valence-electron chi connectivity index (χ0n) is 15.4. The molecule has 140 valence electrons. The van der Waals surface area contributed by atoms with Gasteiger partial charge in [-0.3, -0.25) is 9.69 Å². The van der Waals surface area contributed by atoms with E-state index in [2.05, 4.69) is 41.4 Å². The second-order valence-corrected chi connectivity index (χ2v) is 8.75. The maximum absolute atomic E-state index is 13.7. The molecule has 0 aromatic heterocycles. The number of methoxy groups -OCH3 is 1. The summed E-state index contributed by atoms with van der Waals surface area (Å²) in [5.74, 6) is -0.0368. The number of carbonyl (C=O) groups excluding carboxylic acids is 1. The highest BCUT2D eigenvalue weighted by molar-refractivity contribution is 5.87. The molecular weight excluding hydrogens is 344 g/mol. The molecule has 0 amide bonds. The highest BCUT2D eigenvalue weighted by Crippen LogP contribution is 2.79. The predicted molar refractivity (Wildman–Crippen MR) is 95.6 cm³/mol. The number of hydrogen-bond acceptors (Lipinski definition) is 6. The number of allylic oxidation sites excluding steroid dienone is 1. The quantitative estimate of drug-likeness (QED) is 0.606. The lowest BCUT2D eigenvalue weighted by atomic mass is 9.39. The monoisotopic (exact) mass is 366 g/mol. The first-order valence-electron chi connectivity index (χ1n) is 9.84. The molecule has 2 unspecified atom stereocenters. The predicted octanol–water partition coefficient (Wildman–Crippen LogP) is 1.97. The van der Waals surface area contributed by atoms with Crippen LogP contribution in [0.4, 0.5) is 5.69 Å². The third-order valence-corrected chi connectivity index (χ3v) is 8.39. The van der Waals surface area contributed by atoms with Gasteiger partial charge in [0.05, 0.1) is 18.6 Å². The maximum atomic E-state index is 13.7. The average Bonchev–Trinajstić information content (AvgIpc) is 3.11. The molecule has 1 saturated carbocycles. The van der Waals surface area contributed by atoms with Crippen LogP contribution in [0.5, 0.6) is 0 Å². The van der Waals surface area contributed by atoms with E-state index >= 15 is 0 Å². The number of para-hydroxylation sites is 1. The molecule has 8 aliphatic rings. The molecule has 6 nitrogen and oxygen atoms in total. The Labute approximate surface area is 157 Å². The summed E-state index contributed by atoms with van der Waals surface area (Å²) in [5, 5.41) is 3.74. The largest absolute Gasteiger partial charge is 0.468 e. The van der Waals surface area contributed by atoms with Crippen molar-refractivity contribution in [2.45, 2.75) is 49.5 Å². The lowest BCUT2D eigenvalue weighted by Crippen LogP contribution is -2.88. The molecular formula is C21H22N2O4. The van der Waals surface area contributed by atoms with Gasteiger partial charge in [0.25, 0.3) is 0 Å². The minimum atomic E-state index is -0.788. The van der Waals surface area contributed by atoms with E-state index in [1.807, 2.05) is 6.07 Å². The number of fused-ring (bicyclic) bond motifs is 3. The van der Waals surface area contributed by atoms with Gasteiger partial charge < -0.3 is 19.5 Å². The van der Waals surface area contributed by atoms with Crippen LogP contribution in [-0.4, -0.2) is 48.8 Å². The zero-order chi connectivity index (χ0) is 18.2. The molecule has 7 bridgehead atoms. The number of rotatable bonds is 1. The van der Waals surface area contributed by atoms with Crippen molar-refractivity contribution in [1.82, 2.24) is 4.90 Å². The molecule has 0 radical (unpaired) electrons. The van der Waals surface area contributed by atoms with Gasteiger partial charge in [0.2, 0.25) is 0 Å². The van der Waals surface area contributed by atoms with Crippen molar-refractivity contribution < 1.29 is 19.0 Å². The minimum absolute atomic E-state index is 0.124. The number of anilines is 1. The SMILES string of the molecule is C/C=C1/CN2[C@H]3C[C@@H]1[C@@]1(C(=O)OC)[C@H]2OC2C[C@]14c1ccccc1N[C@]34O2. The lowest BCUT2D eigenvalue weighted by Gasteiger charge is -2.73. The van der Waals surface area contributed by atoms with Crippen LogP contribution < -0.4 is 5.32 Å². The lowest BCUT2D eigenvalue weighted by molar-refractivity contribution is -0.303. The topological polar surface area (TPSA) is 60.0 Å². The van der Waals surface area contributed by atoms with Crippen molar-refractivity contribution >= 4 is 11.7 Å². The van der Waals surface area contributed by atoms with Crippen LogP contribution in [0.3, 0.4) is 0 Å². The number of nitrogens with zero attached hydrogens (tertiary/aromatic N) is 1. The number of esters is 1. The Kier molecular flexibility index (Phi) is 2.37. The van der Waals surface area contributed by atoms with Gasteiger partial charge in [-0.25, -0.2) is 0 Å². The second kappa shape index (κ2) is 4.24. The normalized spacial score (nSPS) is 53.4. The van der Waals surface area contributed by atoms with E-state index in [9.17, 15) is 4.79 Å². The van der Waals surface area contributed by atoms with Crippen molar-refractivity contribution in [3.05, 3.63) is 41.5 Å².